The van der Waals surface area contributed by atoms with Gasteiger partial charge in [-0.25, -0.2) is 0 Å². The number of aliphatic hydroxyl groups is 1. The third-order valence-corrected chi connectivity index (χ3v) is 4.10. The molecule has 1 aromatic rings. The summed E-state index contributed by atoms with van der Waals surface area (Å²) in [6.07, 6.45) is 0. The zero-order valence-electron chi connectivity index (χ0n) is 11.0. The summed E-state index contributed by atoms with van der Waals surface area (Å²) in [4.78, 5) is 0. The Labute approximate surface area is 113 Å². The van der Waals surface area contributed by atoms with Crippen LogP contribution >= 0.6 is 15.9 Å². The van der Waals surface area contributed by atoms with Gasteiger partial charge in [0.2, 0.25) is 0 Å². The highest BCUT2D eigenvalue weighted by Crippen LogP contribution is 2.23. The topological polar surface area (TPSA) is 32.3 Å². The maximum atomic E-state index is 10.2. The van der Waals surface area contributed by atoms with Crippen LogP contribution in [-0.4, -0.2) is 17.3 Å². The van der Waals surface area contributed by atoms with E-state index in [-0.39, 0.29) is 12.0 Å². The molecule has 17 heavy (non-hydrogen) atoms. The van der Waals surface area contributed by atoms with Crippen molar-refractivity contribution in [3.8, 4) is 0 Å². The Kier molecular flexibility index (Phi) is 5.17. The molecule has 1 unspecified atom stereocenters. The zero-order valence-corrected chi connectivity index (χ0v) is 12.6. The van der Waals surface area contributed by atoms with Gasteiger partial charge in [-0.3, -0.25) is 0 Å². The molecule has 0 aromatic heterocycles. The lowest BCUT2D eigenvalue weighted by molar-refractivity contribution is 0.0122. The molecular formula is C14H22BrNO. The Balaban J connectivity index is 2.62. The van der Waals surface area contributed by atoms with E-state index in [1.165, 1.54) is 5.56 Å². The SMILES string of the molecule is CC(C)C(C)(O)CN[C@@H](C)c1ccccc1Br. The van der Waals surface area contributed by atoms with Gasteiger partial charge in [0.1, 0.15) is 0 Å². The average molecular weight is 300 g/mol. The van der Waals surface area contributed by atoms with E-state index in [0.29, 0.717) is 6.54 Å². The maximum absolute atomic E-state index is 10.2. The van der Waals surface area contributed by atoms with Gasteiger partial charge < -0.3 is 10.4 Å². The molecule has 0 fully saturated rings. The van der Waals surface area contributed by atoms with Gasteiger partial charge >= 0.3 is 0 Å². The second-order valence-electron chi connectivity index (χ2n) is 5.14. The summed E-state index contributed by atoms with van der Waals surface area (Å²) in [6, 6.07) is 8.37. The van der Waals surface area contributed by atoms with Crippen molar-refractivity contribution in [2.45, 2.75) is 39.3 Å². The van der Waals surface area contributed by atoms with E-state index in [1.54, 1.807) is 0 Å². The van der Waals surface area contributed by atoms with Crippen LogP contribution in [0.1, 0.15) is 39.3 Å². The summed E-state index contributed by atoms with van der Waals surface area (Å²) in [5.41, 5.74) is 0.544. The van der Waals surface area contributed by atoms with Crippen LogP contribution in [0.3, 0.4) is 0 Å². The molecule has 0 bridgehead atoms. The quantitative estimate of drug-likeness (QED) is 0.872. The standard InChI is InChI=1S/C14H22BrNO/c1-10(2)14(4,17)9-16-11(3)12-7-5-6-8-13(12)15/h5-8,10-11,16-17H,9H2,1-4H3/t11-,14?/m0/s1. The number of nitrogens with one attached hydrogen (secondary N) is 1. The average Bonchev–Trinajstić information content (AvgIpc) is 2.26. The summed E-state index contributed by atoms with van der Waals surface area (Å²) in [5, 5.41) is 13.6. The minimum atomic E-state index is -0.671. The maximum Gasteiger partial charge on any atom is 0.0766 e. The fourth-order valence-electron chi connectivity index (χ4n) is 1.50. The van der Waals surface area contributed by atoms with Crippen LogP contribution in [0.2, 0.25) is 0 Å². The zero-order chi connectivity index (χ0) is 13.1. The molecule has 1 rings (SSSR count). The van der Waals surface area contributed by atoms with Gasteiger partial charge in [-0.1, -0.05) is 48.0 Å². The molecule has 2 atom stereocenters. The minimum absolute atomic E-state index is 0.218. The van der Waals surface area contributed by atoms with E-state index in [4.69, 9.17) is 0 Å². The summed E-state index contributed by atoms with van der Waals surface area (Å²) in [7, 11) is 0. The number of halogens is 1. The van der Waals surface area contributed by atoms with Crippen molar-refractivity contribution >= 4 is 15.9 Å². The van der Waals surface area contributed by atoms with Gasteiger partial charge in [-0.05, 0) is 31.4 Å². The molecule has 2 nitrogen and oxygen atoms in total. The Hall–Kier alpha value is -0.380. The lowest BCUT2D eigenvalue weighted by Gasteiger charge is -2.30. The molecule has 0 spiro atoms. The summed E-state index contributed by atoms with van der Waals surface area (Å²) in [5.74, 6) is 0.237. The molecule has 2 N–H and O–H groups in total. The second-order valence-corrected chi connectivity index (χ2v) is 5.99. The molecule has 0 radical (unpaired) electrons. The molecule has 0 aliphatic heterocycles. The molecule has 0 aliphatic rings. The van der Waals surface area contributed by atoms with Crippen LogP contribution in [0, 0.1) is 5.92 Å². The molecule has 0 heterocycles. The Morgan fingerprint density at radius 2 is 1.88 bits per heavy atom. The molecule has 0 amide bonds. The summed E-state index contributed by atoms with van der Waals surface area (Å²) >= 11 is 3.54. The predicted molar refractivity (Wildman–Crippen MR) is 76.0 cm³/mol. The van der Waals surface area contributed by atoms with Gasteiger partial charge in [0, 0.05) is 17.1 Å². The van der Waals surface area contributed by atoms with Gasteiger partial charge in [0.15, 0.2) is 0 Å². The third kappa shape index (κ3) is 4.09. The van der Waals surface area contributed by atoms with Crippen LogP contribution in [-0.2, 0) is 0 Å². The smallest absolute Gasteiger partial charge is 0.0766 e. The van der Waals surface area contributed by atoms with E-state index in [0.717, 1.165) is 4.47 Å². The van der Waals surface area contributed by atoms with Crippen molar-refractivity contribution in [3.05, 3.63) is 34.3 Å². The van der Waals surface area contributed by atoms with Crippen LogP contribution in [0.5, 0.6) is 0 Å². The van der Waals surface area contributed by atoms with Crippen molar-refractivity contribution in [3.63, 3.8) is 0 Å². The first kappa shape index (κ1) is 14.7. The third-order valence-electron chi connectivity index (χ3n) is 3.38. The first-order chi connectivity index (χ1) is 7.84. The lowest BCUT2D eigenvalue weighted by Crippen LogP contribution is -2.43. The Morgan fingerprint density at radius 1 is 1.29 bits per heavy atom. The van der Waals surface area contributed by atoms with E-state index < -0.39 is 5.60 Å². The first-order valence-corrected chi connectivity index (χ1v) is 6.84. The lowest BCUT2D eigenvalue weighted by atomic mass is 9.92. The van der Waals surface area contributed by atoms with Crippen LogP contribution in [0.15, 0.2) is 28.7 Å². The highest BCUT2D eigenvalue weighted by Gasteiger charge is 2.25. The monoisotopic (exact) mass is 299 g/mol. The normalized spacial score (nSPS) is 16.9. The predicted octanol–water partition coefficient (Wildman–Crippen LogP) is 3.51. The molecule has 3 heteroatoms. The number of rotatable bonds is 5. The largest absolute Gasteiger partial charge is 0.389 e. The number of hydrogen-bond donors (Lipinski definition) is 2. The number of hydrogen-bond acceptors (Lipinski definition) is 2. The van der Waals surface area contributed by atoms with Crippen molar-refractivity contribution in [1.29, 1.82) is 0 Å². The van der Waals surface area contributed by atoms with Crippen LogP contribution in [0.25, 0.3) is 0 Å². The fraction of sp³-hybridized carbons (Fsp3) is 0.571. The Morgan fingerprint density at radius 3 is 2.41 bits per heavy atom. The van der Waals surface area contributed by atoms with E-state index >= 15 is 0 Å². The second kappa shape index (κ2) is 5.98. The van der Waals surface area contributed by atoms with E-state index in [1.807, 2.05) is 39.0 Å². The van der Waals surface area contributed by atoms with Gasteiger partial charge in [0.25, 0.3) is 0 Å². The van der Waals surface area contributed by atoms with Crippen LogP contribution < -0.4 is 5.32 Å². The van der Waals surface area contributed by atoms with Gasteiger partial charge in [0.05, 0.1) is 5.60 Å². The first-order valence-electron chi connectivity index (χ1n) is 6.05. The minimum Gasteiger partial charge on any atom is -0.389 e. The molecule has 96 valence electrons. The Bertz CT molecular complexity index is 363. The van der Waals surface area contributed by atoms with E-state index in [9.17, 15) is 5.11 Å². The van der Waals surface area contributed by atoms with Crippen molar-refractivity contribution in [1.82, 2.24) is 5.32 Å². The van der Waals surface area contributed by atoms with Crippen molar-refractivity contribution < 1.29 is 5.11 Å². The van der Waals surface area contributed by atoms with Gasteiger partial charge in [-0.15, -0.1) is 0 Å². The van der Waals surface area contributed by atoms with Crippen molar-refractivity contribution in [2.75, 3.05) is 6.54 Å². The van der Waals surface area contributed by atoms with Crippen LogP contribution in [0.4, 0.5) is 0 Å². The highest BCUT2D eigenvalue weighted by molar-refractivity contribution is 9.10. The molecule has 0 saturated carbocycles. The summed E-state index contributed by atoms with van der Waals surface area (Å²) in [6.45, 7) is 8.64. The highest BCUT2D eigenvalue weighted by atomic mass is 79.9. The van der Waals surface area contributed by atoms with Crippen molar-refractivity contribution in [2.24, 2.45) is 5.92 Å². The summed E-state index contributed by atoms with van der Waals surface area (Å²) < 4.78 is 1.10. The number of benzene rings is 1. The molecule has 0 saturated heterocycles. The molecular weight excluding hydrogens is 278 g/mol. The van der Waals surface area contributed by atoms with E-state index in [2.05, 4.69) is 34.2 Å². The molecule has 1 aromatic carbocycles. The fourth-order valence-corrected chi connectivity index (χ4v) is 2.13. The molecule has 0 aliphatic carbocycles. The van der Waals surface area contributed by atoms with Gasteiger partial charge in [-0.2, -0.15) is 0 Å².